The van der Waals surface area contributed by atoms with Gasteiger partial charge in [-0.2, -0.15) is 0 Å². The molecule has 1 heterocycles. The number of hydrogen-bond donors (Lipinski definition) is 0. The van der Waals surface area contributed by atoms with Crippen molar-refractivity contribution in [1.29, 1.82) is 0 Å². The van der Waals surface area contributed by atoms with Gasteiger partial charge in [-0.05, 0) is 37.2 Å². The van der Waals surface area contributed by atoms with E-state index in [9.17, 15) is 4.79 Å². The number of ether oxygens (including phenoxy) is 2. The zero-order valence-corrected chi connectivity index (χ0v) is 14.9. The molecule has 1 fully saturated rings. The third-order valence-electron chi connectivity index (χ3n) is 4.67. The van der Waals surface area contributed by atoms with E-state index < -0.39 is 0 Å². The fourth-order valence-corrected chi connectivity index (χ4v) is 3.17. The van der Waals surface area contributed by atoms with Crippen molar-refractivity contribution < 1.29 is 14.3 Å². The summed E-state index contributed by atoms with van der Waals surface area (Å²) >= 11 is 0. The molecule has 1 saturated heterocycles. The second kappa shape index (κ2) is 8.60. The highest BCUT2D eigenvalue weighted by Crippen LogP contribution is 2.32. The molecule has 0 radical (unpaired) electrons. The van der Waals surface area contributed by atoms with Crippen LogP contribution in [0, 0.1) is 5.92 Å². The van der Waals surface area contributed by atoms with Crippen molar-refractivity contribution in [2.75, 3.05) is 13.2 Å². The first kappa shape index (κ1) is 18.2. The molecule has 0 saturated carbocycles. The number of rotatable bonds is 9. The summed E-state index contributed by atoms with van der Waals surface area (Å²) in [5.74, 6) is 1.11. The second-order valence-corrected chi connectivity index (χ2v) is 6.97. The molecule has 23 heavy (non-hydrogen) atoms. The lowest BCUT2D eigenvalue weighted by Crippen LogP contribution is -2.39. The quantitative estimate of drug-likeness (QED) is 0.624. The summed E-state index contributed by atoms with van der Waals surface area (Å²) in [6.07, 6.45) is 3.81. The summed E-state index contributed by atoms with van der Waals surface area (Å²) in [6.45, 7) is 9.82. The summed E-state index contributed by atoms with van der Waals surface area (Å²) in [7, 11) is 0. The maximum atomic E-state index is 11.5. The zero-order chi connectivity index (χ0) is 16.8. The van der Waals surface area contributed by atoms with Crippen LogP contribution in [0.5, 0.6) is 0 Å². The SMILES string of the molecule is CCCC(C[C@@H](c1ccc(C(C)=O)cc1)C(C)C)OC1COC1. The van der Waals surface area contributed by atoms with E-state index in [1.54, 1.807) is 6.92 Å². The summed E-state index contributed by atoms with van der Waals surface area (Å²) < 4.78 is 11.4. The van der Waals surface area contributed by atoms with Crippen LogP contribution in [0.4, 0.5) is 0 Å². The third-order valence-corrected chi connectivity index (χ3v) is 4.67. The molecule has 0 N–H and O–H groups in total. The minimum atomic E-state index is 0.120. The van der Waals surface area contributed by atoms with Gasteiger partial charge in [-0.25, -0.2) is 0 Å². The Kier molecular flexibility index (Phi) is 6.79. The van der Waals surface area contributed by atoms with Gasteiger partial charge in [0.1, 0.15) is 6.10 Å². The molecule has 2 rings (SSSR count). The van der Waals surface area contributed by atoms with Crippen LogP contribution in [0.15, 0.2) is 24.3 Å². The molecular formula is C20H30O3. The molecule has 3 nitrogen and oxygen atoms in total. The number of Topliss-reactive ketones (excluding diaryl/α,β-unsaturated/α-hetero) is 1. The molecule has 0 spiro atoms. The first-order valence-corrected chi connectivity index (χ1v) is 8.85. The van der Waals surface area contributed by atoms with Gasteiger partial charge < -0.3 is 9.47 Å². The topological polar surface area (TPSA) is 35.5 Å². The van der Waals surface area contributed by atoms with Gasteiger partial charge in [-0.3, -0.25) is 4.79 Å². The molecule has 1 aromatic carbocycles. The Labute approximate surface area is 140 Å². The predicted octanol–water partition coefficient (Wildman–Crippen LogP) is 4.60. The second-order valence-electron chi connectivity index (χ2n) is 6.97. The molecule has 1 aliphatic rings. The van der Waals surface area contributed by atoms with E-state index in [1.807, 2.05) is 12.1 Å². The fraction of sp³-hybridized carbons (Fsp3) is 0.650. The molecular weight excluding hydrogens is 288 g/mol. The number of carbonyl (C=O) groups excluding carboxylic acids is 1. The van der Waals surface area contributed by atoms with Crippen molar-refractivity contribution in [2.45, 2.75) is 65.1 Å². The maximum absolute atomic E-state index is 11.5. The molecule has 0 aliphatic carbocycles. The van der Waals surface area contributed by atoms with Crippen LogP contribution >= 0.6 is 0 Å². The van der Waals surface area contributed by atoms with Gasteiger partial charge in [0, 0.05) is 5.56 Å². The van der Waals surface area contributed by atoms with Crippen molar-refractivity contribution in [1.82, 2.24) is 0 Å². The summed E-state index contributed by atoms with van der Waals surface area (Å²) in [5, 5.41) is 0. The largest absolute Gasteiger partial charge is 0.376 e. The highest BCUT2D eigenvalue weighted by atomic mass is 16.6. The monoisotopic (exact) mass is 318 g/mol. The van der Waals surface area contributed by atoms with Crippen LogP contribution in [-0.2, 0) is 9.47 Å². The number of ketones is 1. The van der Waals surface area contributed by atoms with E-state index in [4.69, 9.17) is 9.47 Å². The Morgan fingerprint density at radius 2 is 1.91 bits per heavy atom. The van der Waals surface area contributed by atoms with Crippen LogP contribution in [0.3, 0.4) is 0 Å². The number of benzene rings is 1. The van der Waals surface area contributed by atoms with Crippen LogP contribution in [0.25, 0.3) is 0 Å². The molecule has 0 bridgehead atoms. The van der Waals surface area contributed by atoms with E-state index in [1.165, 1.54) is 5.56 Å². The van der Waals surface area contributed by atoms with E-state index in [0.29, 0.717) is 11.8 Å². The van der Waals surface area contributed by atoms with Crippen molar-refractivity contribution in [3.05, 3.63) is 35.4 Å². The molecule has 1 aliphatic heterocycles. The Bertz CT molecular complexity index is 488. The molecule has 1 aromatic rings. The van der Waals surface area contributed by atoms with Gasteiger partial charge >= 0.3 is 0 Å². The van der Waals surface area contributed by atoms with E-state index in [2.05, 4.69) is 32.9 Å². The van der Waals surface area contributed by atoms with Crippen LogP contribution in [-0.4, -0.2) is 31.2 Å². The Hall–Kier alpha value is -1.19. The molecule has 2 atom stereocenters. The zero-order valence-electron chi connectivity index (χ0n) is 14.9. The smallest absolute Gasteiger partial charge is 0.159 e. The average Bonchev–Trinajstić information content (AvgIpc) is 2.48. The van der Waals surface area contributed by atoms with Crippen LogP contribution < -0.4 is 0 Å². The van der Waals surface area contributed by atoms with E-state index in [-0.39, 0.29) is 18.0 Å². The average molecular weight is 318 g/mol. The summed E-state index contributed by atoms with van der Waals surface area (Å²) in [4.78, 5) is 11.5. The molecule has 3 heteroatoms. The van der Waals surface area contributed by atoms with Crippen molar-refractivity contribution >= 4 is 5.78 Å². The lowest BCUT2D eigenvalue weighted by molar-refractivity contribution is -0.158. The lowest BCUT2D eigenvalue weighted by atomic mass is 9.83. The van der Waals surface area contributed by atoms with Gasteiger partial charge in [0.2, 0.25) is 0 Å². The van der Waals surface area contributed by atoms with Gasteiger partial charge in [0.25, 0.3) is 0 Å². The Balaban J connectivity index is 2.07. The Morgan fingerprint density at radius 1 is 1.26 bits per heavy atom. The van der Waals surface area contributed by atoms with Crippen molar-refractivity contribution in [3.8, 4) is 0 Å². The lowest BCUT2D eigenvalue weighted by Gasteiger charge is -2.33. The predicted molar refractivity (Wildman–Crippen MR) is 93.0 cm³/mol. The van der Waals surface area contributed by atoms with E-state index in [0.717, 1.165) is 38.0 Å². The molecule has 128 valence electrons. The van der Waals surface area contributed by atoms with Gasteiger partial charge in [0.05, 0.1) is 19.3 Å². The molecule has 1 unspecified atom stereocenters. The minimum Gasteiger partial charge on any atom is -0.376 e. The third kappa shape index (κ3) is 5.15. The van der Waals surface area contributed by atoms with Crippen LogP contribution in [0.1, 0.15) is 68.8 Å². The van der Waals surface area contributed by atoms with Gasteiger partial charge in [-0.1, -0.05) is 51.5 Å². The number of hydrogen-bond acceptors (Lipinski definition) is 3. The standard InChI is InChI=1S/C20H30O3/c1-5-6-18(23-19-12-22-13-19)11-20(14(2)3)17-9-7-16(8-10-17)15(4)21/h7-10,14,18-20H,5-6,11-13H2,1-4H3/t18?,20-/m1/s1. The summed E-state index contributed by atoms with van der Waals surface area (Å²) in [5.41, 5.74) is 2.09. The number of carbonyl (C=O) groups is 1. The normalized spacial score (nSPS) is 17.8. The highest BCUT2D eigenvalue weighted by Gasteiger charge is 2.27. The first-order valence-electron chi connectivity index (χ1n) is 8.85. The first-order chi connectivity index (χ1) is 11.0. The van der Waals surface area contributed by atoms with Crippen LogP contribution in [0.2, 0.25) is 0 Å². The van der Waals surface area contributed by atoms with Gasteiger partial charge in [-0.15, -0.1) is 0 Å². The van der Waals surface area contributed by atoms with Gasteiger partial charge in [0.15, 0.2) is 5.78 Å². The maximum Gasteiger partial charge on any atom is 0.159 e. The fourth-order valence-electron chi connectivity index (χ4n) is 3.17. The van der Waals surface area contributed by atoms with E-state index >= 15 is 0 Å². The molecule has 0 amide bonds. The molecule has 0 aromatic heterocycles. The minimum absolute atomic E-state index is 0.120. The van der Waals surface area contributed by atoms with Crippen molar-refractivity contribution in [3.63, 3.8) is 0 Å². The highest BCUT2D eigenvalue weighted by molar-refractivity contribution is 5.94. The van der Waals surface area contributed by atoms with Crippen molar-refractivity contribution in [2.24, 2.45) is 5.92 Å². The Morgan fingerprint density at radius 3 is 2.35 bits per heavy atom. The summed E-state index contributed by atoms with van der Waals surface area (Å²) in [6, 6.07) is 8.11.